The van der Waals surface area contributed by atoms with Gasteiger partial charge in [0.15, 0.2) is 5.72 Å². The van der Waals surface area contributed by atoms with E-state index in [1.165, 1.54) is 52.3 Å². The Morgan fingerprint density at radius 1 is 0.976 bits per heavy atom. The molecule has 0 aliphatic carbocycles. The zero-order chi connectivity index (χ0) is 62.0. The summed E-state index contributed by atoms with van der Waals surface area (Å²) in [6.07, 6.45) is -1.94. The molecular weight excluding hydrogens is 1100 g/mol. The standard InChI is InChI=1S/C58H83ClN8O16/c1-31(2)42(68)22-23-47(69)64-50(32(3)4)53(73)63-40(16-14-24-61-55(60)75)52(72)62-39-20-18-37(19-21-39)30-81-57(77)66(9)36(8)54(74)82-43-28-48(70)67(10)41-26-38(27-44(79-11)49(41)59)25-33(5)15-13-17-46(80-12)58(78)29-45(83-56(76)65-58)35(7)51(71)34(43)6/h13,15,17-21,26-27,31-32,34-36,40,43,45-46,50-51,71,78H,14,16,22-25,28-30H2,1-12H3,(H,62,72)(H,63,73)(H,64,69)(H,65,76)(H3,60,61,75)/b17-13+,33-15+/t34-,35-,36+,40+,43+,45+,46-,50+,51-,58+/m1/s1. The molecule has 4 bridgehead atoms. The average Bonchev–Trinajstić information content (AvgIpc) is 3.59. The first-order valence-electron chi connectivity index (χ1n) is 27.5. The lowest BCUT2D eigenvalue weighted by molar-refractivity contribution is -0.165. The van der Waals surface area contributed by atoms with Crippen LogP contribution in [-0.2, 0) is 60.7 Å². The first-order chi connectivity index (χ1) is 39.0. The van der Waals surface area contributed by atoms with E-state index in [0.29, 0.717) is 17.7 Å². The van der Waals surface area contributed by atoms with Crippen molar-refractivity contribution >= 4 is 76.6 Å². The summed E-state index contributed by atoms with van der Waals surface area (Å²) in [5.41, 5.74) is 5.87. The number of nitrogens with two attached hydrogens (primary N) is 1. The molecular formula is C58H83ClN8O16. The molecule has 10 atom stereocenters. The van der Waals surface area contributed by atoms with Crippen LogP contribution in [-0.4, -0.2) is 152 Å². The summed E-state index contributed by atoms with van der Waals surface area (Å²) < 4.78 is 28.4. The van der Waals surface area contributed by atoms with Crippen molar-refractivity contribution in [3.8, 4) is 5.75 Å². The first kappa shape index (κ1) is 68.2. The van der Waals surface area contributed by atoms with Gasteiger partial charge in [-0.15, -0.1) is 0 Å². The molecule has 1 saturated heterocycles. The lowest BCUT2D eigenvalue weighted by Crippen LogP contribution is -2.64. The van der Waals surface area contributed by atoms with Crippen LogP contribution < -0.4 is 42.0 Å². The van der Waals surface area contributed by atoms with Crippen LogP contribution in [0.25, 0.3) is 0 Å². The summed E-state index contributed by atoms with van der Waals surface area (Å²) in [7, 11) is 5.60. The zero-order valence-electron chi connectivity index (χ0n) is 49.4. The predicted molar refractivity (Wildman–Crippen MR) is 308 cm³/mol. The number of ether oxygens (including phenoxy) is 5. The van der Waals surface area contributed by atoms with Crippen LogP contribution in [0, 0.1) is 23.7 Å². The minimum Gasteiger partial charge on any atom is -0.495 e. The average molecular weight is 1180 g/mol. The van der Waals surface area contributed by atoms with Gasteiger partial charge in [0.2, 0.25) is 23.6 Å². The van der Waals surface area contributed by atoms with Crippen LogP contribution in [0.1, 0.15) is 105 Å². The van der Waals surface area contributed by atoms with Crippen molar-refractivity contribution in [2.24, 2.45) is 29.4 Å². The molecule has 8 amide bonds. The van der Waals surface area contributed by atoms with Gasteiger partial charge in [-0.05, 0) is 74.4 Å². The molecule has 25 heteroatoms. The second-order valence-electron chi connectivity index (χ2n) is 21.8. The molecule has 2 aliphatic rings. The fraction of sp³-hybridized carbons (Fsp3) is 0.569. The number of primary amides is 1. The van der Waals surface area contributed by atoms with Gasteiger partial charge in [0.25, 0.3) is 0 Å². The molecule has 2 aromatic rings. The molecule has 0 unspecified atom stereocenters. The Morgan fingerprint density at radius 2 is 1.65 bits per heavy atom. The molecule has 2 aliphatic heterocycles. The number of alkyl carbamates (subject to hydrolysis) is 1. The highest BCUT2D eigenvalue weighted by Gasteiger charge is 2.49. The van der Waals surface area contributed by atoms with Gasteiger partial charge in [-0.1, -0.05) is 89.1 Å². The lowest BCUT2D eigenvalue weighted by Gasteiger charge is -2.43. The van der Waals surface area contributed by atoms with E-state index < -0.39 is 120 Å². The fourth-order valence-electron chi connectivity index (χ4n) is 9.27. The summed E-state index contributed by atoms with van der Waals surface area (Å²) in [5.74, 6) is -5.70. The summed E-state index contributed by atoms with van der Waals surface area (Å²) >= 11 is 6.80. The van der Waals surface area contributed by atoms with Crippen LogP contribution in [0.3, 0.4) is 0 Å². The van der Waals surface area contributed by atoms with Crippen molar-refractivity contribution in [2.75, 3.05) is 45.1 Å². The molecule has 24 nitrogen and oxygen atoms in total. The van der Waals surface area contributed by atoms with E-state index in [1.54, 1.807) is 84.0 Å². The van der Waals surface area contributed by atoms with E-state index in [-0.39, 0.29) is 73.4 Å². The summed E-state index contributed by atoms with van der Waals surface area (Å²) in [4.78, 5) is 121. The molecule has 2 heterocycles. The largest absolute Gasteiger partial charge is 0.495 e. The minimum absolute atomic E-state index is 0.0103. The highest BCUT2D eigenvalue weighted by molar-refractivity contribution is 6.35. The molecule has 2 aromatic carbocycles. The van der Waals surface area contributed by atoms with Crippen LogP contribution in [0.5, 0.6) is 5.75 Å². The fourth-order valence-corrected chi connectivity index (χ4v) is 9.58. The number of urea groups is 1. The van der Waals surface area contributed by atoms with Crippen molar-refractivity contribution in [1.82, 2.24) is 26.2 Å². The lowest BCUT2D eigenvalue weighted by atomic mass is 9.81. The Bertz CT molecular complexity index is 2700. The maximum atomic E-state index is 14.3. The second kappa shape index (κ2) is 31.4. The van der Waals surface area contributed by atoms with Crippen molar-refractivity contribution in [2.45, 2.75) is 155 Å². The molecule has 4 rings (SSSR count). The number of hydrogen-bond acceptors (Lipinski definition) is 16. The van der Waals surface area contributed by atoms with Gasteiger partial charge >= 0.3 is 24.2 Å². The third-order valence-electron chi connectivity index (χ3n) is 14.8. The Labute approximate surface area is 489 Å². The third kappa shape index (κ3) is 19.7. The van der Waals surface area contributed by atoms with E-state index in [1.807, 2.05) is 6.92 Å². The van der Waals surface area contributed by atoms with Gasteiger partial charge in [-0.25, -0.2) is 19.2 Å². The maximum absolute atomic E-state index is 14.3. The number of carbonyl (C=O) groups is 9. The molecule has 0 spiro atoms. The number of rotatable bonds is 21. The van der Waals surface area contributed by atoms with E-state index in [2.05, 4.69) is 26.6 Å². The summed E-state index contributed by atoms with van der Waals surface area (Å²) in [5, 5.41) is 37.0. The topological polar surface area (TPSA) is 333 Å². The molecule has 0 aromatic heterocycles. The van der Waals surface area contributed by atoms with Gasteiger partial charge in [0.1, 0.15) is 59.6 Å². The number of aliphatic hydroxyl groups is 2. The number of ketones is 1. The Hall–Kier alpha value is -7.28. The summed E-state index contributed by atoms with van der Waals surface area (Å²) in [6.45, 7) is 13.1. The number of esters is 1. The Morgan fingerprint density at radius 3 is 2.27 bits per heavy atom. The number of halogens is 1. The van der Waals surface area contributed by atoms with Gasteiger partial charge in [0.05, 0.1) is 25.3 Å². The van der Waals surface area contributed by atoms with Crippen molar-refractivity contribution in [3.05, 3.63) is 76.3 Å². The quantitative estimate of drug-likeness (QED) is 0.0453. The number of nitrogens with one attached hydrogen (secondary N) is 5. The molecule has 458 valence electrons. The number of methoxy groups -OCH3 is 2. The third-order valence-corrected chi connectivity index (χ3v) is 15.2. The van der Waals surface area contributed by atoms with Crippen LogP contribution in [0.15, 0.2) is 60.2 Å². The number of amides is 8. The number of nitrogens with zero attached hydrogens (tertiary/aromatic N) is 2. The monoisotopic (exact) mass is 1180 g/mol. The summed E-state index contributed by atoms with van der Waals surface area (Å²) in [6, 6.07) is 5.41. The highest BCUT2D eigenvalue weighted by atomic mass is 35.5. The number of fused-ring (bicyclic) bond motifs is 4. The highest BCUT2D eigenvalue weighted by Crippen LogP contribution is 2.38. The van der Waals surface area contributed by atoms with E-state index in [9.17, 15) is 53.4 Å². The number of benzene rings is 2. The number of Topliss-reactive ketones (excluding diaryl/α,β-unsaturated/α-hetero) is 1. The molecule has 0 radical (unpaired) electrons. The van der Waals surface area contributed by atoms with Crippen molar-refractivity contribution < 1.29 is 77.0 Å². The number of anilines is 2. The normalized spacial score (nSPS) is 23.4. The van der Waals surface area contributed by atoms with Gasteiger partial charge in [-0.2, -0.15) is 0 Å². The molecule has 1 fully saturated rings. The zero-order valence-corrected chi connectivity index (χ0v) is 50.1. The van der Waals surface area contributed by atoms with Gasteiger partial charge in [0, 0.05) is 70.5 Å². The molecule has 0 saturated carbocycles. The SMILES string of the molecule is COc1cc2cc(c1Cl)N(C)C(=O)C[C@H](OC(=O)[C@H](C)N(C)C(=O)OCc1ccc(NC(=O)[C@H](CCCNC(N)=O)NC(=O)[C@@H](NC(=O)CCC(=O)C(C)C)C(C)C)cc1)[C@@H](C)[C@@H](O)[C@H](C)[C@@H]1C[C@@](O)(NC(=O)O1)[C@H](OC)/C=C/C=C(\C)C2. The molecule has 83 heavy (non-hydrogen) atoms. The number of hydrogen-bond donors (Lipinski definition) is 8. The van der Waals surface area contributed by atoms with Gasteiger partial charge < -0.3 is 65.8 Å². The first-order valence-corrected chi connectivity index (χ1v) is 27.9. The second-order valence-corrected chi connectivity index (χ2v) is 22.2. The van der Waals surface area contributed by atoms with Crippen molar-refractivity contribution in [1.29, 1.82) is 0 Å². The Balaban J connectivity index is 1.50. The van der Waals surface area contributed by atoms with Crippen molar-refractivity contribution in [3.63, 3.8) is 0 Å². The van der Waals surface area contributed by atoms with E-state index in [0.717, 1.165) is 16.0 Å². The Kier molecular flexibility index (Phi) is 25.8. The number of carbonyl (C=O) groups excluding carboxylic acids is 9. The van der Waals surface area contributed by atoms with Crippen LogP contribution in [0.2, 0.25) is 5.02 Å². The van der Waals surface area contributed by atoms with Crippen LogP contribution >= 0.6 is 11.6 Å². The van der Waals surface area contributed by atoms with E-state index >= 15 is 0 Å². The number of likely N-dealkylation sites (N-methyl/N-ethyl adjacent to an activating group) is 1. The number of aliphatic hydroxyl groups excluding tert-OH is 1. The molecule has 9 N–H and O–H groups in total. The van der Waals surface area contributed by atoms with E-state index in [4.69, 9.17) is 41.0 Å². The maximum Gasteiger partial charge on any atom is 0.410 e. The van der Waals surface area contributed by atoms with Gasteiger partial charge in [-0.3, -0.25) is 34.2 Å². The predicted octanol–water partition coefficient (Wildman–Crippen LogP) is 5.18. The smallest absolute Gasteiger partial charge is 0.410 e. The van der Waals surface area contributed by atoms with Crippen LogP contribution in [0.4, 0.5) is 25.8 Å². The minimum atomic E-state index is -1.98. The number of allylic oxidation sites excluding steroid dienone is 3.